The molecule has 1 unspecified atom stereocenters. The van der Waals surface area contributed by atoms with Gasteiger partial charge in [-0.2, -0.15) is 5.21 Å². The van der Waals surface area contributed by atoms with E-state index in [1.54, 1.807) is 6.92 Å². The van der Waals surface area contributed by atoms with Crippen molar-refractivity contribution in [1.29, 1.82) is 0 Å². The summed E-state index contributed by atoms with van der Waals surface area (Å²) >= 11 is 6.07. The third-order valence-electron chi connectivity index (χ3n) is 6.37. The first kappa shape index (κ1) is 29.8. The van der Waals surface area contributed by atoms with Crippen molar-refractivity contribution in [3.05, 3.63) is 34.6 Å². The number of hydrogen-bond donors (Lipinski definition) is 4. The highest BCUT2D eigenvalue weighted by atomic mass is 35.5. The standard InChI is InChI=1S/C25H35ClN8O5/c1-5-39-20(35)13-15(12-19-30-32-33-31-19)28-23(37)18-7-6-10-34(18)24(38)21(25(2,3)4)29-22(36)14-8-9-17(27)16(26)11-14/h8-9,11,15,18,21H,5-7,10,12-13,27H2,1-4H3,(H,28,37)(H,29,36)(H,30,31,32,33)/t15-,18+,21?/m0/s1. The number of nitrogen functional groups attached to an aromatic ring is 1. The van der Waals surface area contributed by atoms with E-state index in [0.717, 1.165) is 0 Å². The van der Waals surface area contributed by atoms with Gasteiger partial charge in [0.2, 0.25) is 11.8 Å². The number of halogens is 1. The van der Waals surface area contributed by atoms with E-state index in [-0.39, 0.29) is 35.9 Å². The van der Waals surface area contributed by atoms with Crippen LogP contribution in [0.15, 0.2) is 18.2 Å². The largest absolute Gasteiger partial charge is 0.466 e. The summed E-state index contributed by atoms with van der Waals surface area (Å²) in [5.74, 6) is -1.44. The fourth-order valence-electron chi connectivity index (χ4n) is 4.38. The molecule has 13 nitrogen and oxygen atoms in total. The Morgan fingerprint density at radius 2 is 2.00 bits per heavy atom. The number of aromatic amines is 1. The lowest BCUT2D eigenvalue weighted by molar-refractivity contribution is -0.145. The predicted octanol–water partition coefficient (Wildman–Crippen LogP) is 1.25. The number of nitrogens with one attached hydrogen (secondary N) is 3. The van der Waals surface area contributed by atoms with Crippen LogP contribution in [0.1, 0.15) is 63.1 Å². The van der Waals surface area contributed by atoms with Crippen molar-refractivity contribution in [3.63, 3.8) is 0 Å². The lowest BCUT2D eigenvalue weighted by atomic mass is 9.85. The minimum absolute atomic E-state index is 0.0976. The Kier molecular flexibility index (Phi) is 9.84. The number of amides is 3. The highest BCUT2D eigenvalue weighted by molar-refractivity contribution is 6.33. The average molecular weight is 563 g/mol. The summed E-state index contributed by atoms with van der Waals surface area (Å²) in [6, 6.07) is 2.12. The molecule has 0 aliphatic carbocycles. The molecule has 1 aliphatic heterocycles. The number of rotatable bonds is 10. The number of nitrogens with two attached hydrogens (primary N) is 1. The van der Waals surface area contributed by atoms with Gasteiger partial charge in [0, 0.05) is 24.6 Å². The summed E-state index contributed by atoms with van der Waals surface area (Å²) in [7, 11) is 0. The molecule has 2 aromatic rings. The number of carbonyl (C=O) groups excluding carboxylic acids is 4. The first-order valence-corrected chi connectivity index (χ1v) is 13.1. The van der Waals surface area contributed by atoms with Crippen LogP contribution in [0.2, 0.25) is 5.02 Å². The Labute approximate surface area is 231 Å². The second kappa shape index (κ2) is 12.9. The normalized spacial score (nSPS) is 16.8. The number of esters is 1. The third-order valence-corrected chi connectivity index (χ3v) is 6.70. The third kappa shape index (κ3) is 7.88. The van der Waals surface area contributed by atoms with Crippen LogP contribution in [-0.4, -0.2) is 80.5 Å². The summed E-state index contributed by atoms with van der Waals surface area (Å²) in [4.78, 5) is 53.8. The Balaban J connectivity index is 1.75. The molecule has 3 atom stereocenters. The molecule has 1 fully saturated rings. The van der Waals surface area contributed by atoms with E-state index >= 15 is 0 Å². The molecule has 3 rings (SSSR count). The van der Waals surface area contributed by atoms with Crippen molar-refractivity contribution in [1.82, 2.24) is 36.2 Å². The number of aromatic nitrogens is 4. The average Bonchev–Trinajstić information content (AvgIpc) is 3.55. The molecule has 0 radical (unpaired) electrons. The molecule has 212 valence electrons. The van der Waals surface area contributed by atoms with Crippen LogP contribution < -0.4 is 16.4 Å². The highest BCUT2D eigenvalue weighted by Crippen LogP contribution is 2.27. The van der Waals surface area contributed by atoms with Crippen LogP contribution in [-0.2, 0) is 25.5 Å². The number of H-pyrrole nitrogens is 1. The lowest BCUT2D eigenvalue weighted by Gasteiger charge is -2.35. The van der Waals surface area contributed by atoms with Gasteiger partial charge < -0.3 is 26.0 Å². The summed E-state index contributed by atoms with van der Waals surface area (Å²) in [6.45, 7) is 7.74. The van der Waals surface area contributed by atoms with Crippen molar-refractivity contribution in [2.75, 3.05) is 18.9 Å². The maximum absolute atomic E-state index is 13.8. The topological polar surface area (TPSA) is 185 Å². The number of tetrazole rings is 1. The Morgan fingerprint density at radius 3 is 2.62 bits per heavy atom. The lowest BCUT2D eigenvalue weighted by Crippen LogP contribution is -2.58. The van der Waals surface area contributed by atoms with Gasteiger partial charge in [-0.3, -0.25) is 19.2 Å². The number of carbonyl (C=O) groups is 4. The zero-order valence-electron chi connectivity index (χ0n) is 22.5. The van der Waals surface area contributed by atoms with Gasteiger partial charge in [0.05, 0.1) is 23.7 Å². The molecule has 0 bridgehead atoms. The summed E-state index contributed by atoms with van der Waals surface area (Å²) in [6.07, 6.45) is 1.09. The minimum Gasteiger partial charge on any atom is -0.466 e. The zero-order valence-corrected chi connectivity index (χ0v) is 23.2. The van der Waals surface area contributed by atoms with Crippen LogP contribution in [0.3, 0.4) is 0 Å². The molecule has 1 saturated heterocycles. The van der Waals surface area contributed by atoms with Crippen LogP contribution in [0.4, 0.5) is 5.69 Å². The van der Waals surface area contributed by atoms with E-state index in [1.165, 1.54) is 23.1 Å². The molecule has 2 heterocycles. The molecule has 0 spiro atoms. The molecule has 0 saturated carbocycles. The Bertz CT molecular complexity index is 1180. The number of benzene rings is 1. The molecule has 14 heteroatoms. The summed E-state index contributed by atoms with van der Waals surface area (Å²) in [5, 5.41) is 19.6. The van der Waals surface area contributed by atoms with Crippen molar-refractivity contribution >= 4 is 41.0 Å². The molecule has 5 N–H and O–H groups in total. The fourth-order valence-corrected chi connectivity index (χ4v) is 4.56. The summed E-state index contributed by atoms with van der Waals surface area (Å²) in [5.41, 5.74) is 5.68. The van der Waals surface area contributed by atoms with Crippen molar-refractivity contribution < 1.29 is 23.9 Å². The summed E-state index contributed by atoms with van der Waals surface area (Å²) < 4.78 is 5.04. The van der Waals surface area contributed by atoms with Crippen LogP contribution in [0.25, 0.3) is 0 Å². The monoisotopic (exact) mass is 562 g/mol. The van der Waals surface area contributed by atoms with E-state index in [0.29, 0.717) is 30.9 Å². The van der Waals surface area contributed by atoms with E-state index in [1.807, 2.05) is 20.8 Å². The van der Waals surface area contributed by atoms with E-state index in [9.17, 15) is 19.2 Å². The maximum atomic E-state index is 13.8. The van der Waals surface area contributed by atoms with Gasteiger partial charge in [-0.15, -0.1) is 10.2 Å². The second-order valence-electron chi connectivity index (χ2n) is 10.4. The number of likely N-dealkylation sites (tertiary alicyclic amines) is 1. The molecular weight excluding hydrogens is 528 g/mol. The number of ether oxygens (including phenoxy) is 1. The van der Waals surface area contributed by atoms with Crippen molar-refractivity contribution in [2.45, 2.75) is 71.5 Å². The molecule has 3 amide bonds. The van der Waals surface area contributed by atoms with Crippen LogP contribution in [0, 0.1) is 5.41 Å². The van der Waals surface area contributed by atoms with Gasteiger partial charge in [0.15, 0.2) is 5.82 Å². The van der Waals surface area contributed by atoms with Gasteiger partial charge >= 0.3 is 5.97 Å². The first-order chi connectivity index (χ1) is 18.4. The Hall–Kier alpha value is -3.74. The smallest absolute Gasteiger partial charge is 0.307 e. The van der Waals surface area contributed by atoms with Gasteiger partial charge in [-0.1, -0.05) is 37.6 Å². The number of nitrogens with zero attached hydrogens (tertiary/aromatic N) is 4. The second-order valence-corrected chi connectivity index (χ2v) is 10.9. The Morgan fingerprint density at radius 1 is 1.26 bits per heavy atom. The predicted molar refractivity (Wildman–Crippen MR) is 142 cm³/mol. The molecule has 1 aromatic carbocycles. The molecule has 1 aromatic heterocycles. The van der Waals surface area contributed by atoms with Gasteiger partial charge in [0.1, 0.15) is 12.1 Å². The number of hydrogen-bond acceptors (Lipinski definition) is 9. The van der Waals surface area contributed by atoms with Gasteiger partial charge in [-0.05, 0) is 43.4 Å². The highest BCUT2D eigenvalue weighted by Gasteiger charge is 2.42. The SMILES string of the molecule is CCOC(=O)C[C@H](Cc1nn[nH]n1)NC(=O)[C@H]1CCCN1C(=O)C(NC(=O)c1ccc(N)c(Cl)c1)C(C)(C)C. The van der Waals surface area contributed by atoms with Crippen LogP contribution in [0.5, 0.6) is 0 Å². The minimum atomic E-state index is -0.926. The quantitative estimate of drug-likeness (QED) is 0.244. The van der Waals surface area contributed by atoms with Crippen molar-refractivity contribution in [3.8, 4) is 0 Å². The van der Waals surface area contributed by atoms with Gasteiger partial charge in [-0.25, -0.2) is 0 Å². The zero-order chi connectivity index (χ0) is 28.7. The van der Waals surface area contributed by atoms with E-state index in [4.69, 9.17) is 22.1 Å². The fraction of sp³-hybridized carbons (Fsp3) is 0.560. The molecule has 39 heavy (non-hydrogen) atoms. The molecule has 1 aliphatic rings. The van der Waals surface area contributed by atoms with Crippen LogP contribution >= 0.6 is 11.6 Å². The first-order valence-electron chi connectivity index (χ1n) is 12.7. The van der Waals surface area contributed by atoms with Gasteiger partial charge in [0.25, 0.3) is 5.91 Å². The van der Waals surface area contributed by atoms with Crippen molar-refractivity contribution in [2.24, 2.45) is 5.41 Å². The molecular formula is C25H35ClN8O5. The van der Waals surface area contributed by atoms with E-state index in [2.05, 4.69) is 31.3 Å². The van der Waals surface area contributed by atoms with E-state index < -0.39 is 41.3 Å². The maximum Gasteiger partial charge on any atom is 0.307 e. The number of anilines is 1.